The van der Waals surface area contributed by atoms with E-state index in [0.717, 1.165) is 6.26 Å². The quantitative estimate of drug-likeness (QED) is 0.624. The van der Waals surface area contributed by atoms with Gasteiger partial charge in [-0.25, -0.2) is 13.2 Å². The fourth-order valence-electron chi connectivity index (χ4n) is 1.44. The van der Waals surface area contributed by atoms with E-state index >= 15 is 0 Å². The third kappa shape index (κ3) is 5.03. The van der Waals surface area contributed by atoms with Gasteiger partial charge in [0.15, 0.2) is 15.9 Å². The zero-order valence-electron chi connectivity index (χ0n) is 11.8. The molecule has 0 saturated heterocycles. The van der Waals surface area contributed by atoms with Crippen molar-refractivity contribution < 1.29 is 22.7 Å². The van der Waals surface area contributed by atoms with Crippen LogP contribution in [-0.2, 0) is 19.4 Å². The Balaban J connectivity index is 2.72. The number of nitrogens with one attached hydrogen (secondary N) is 1. The molecule has 0 aliphatic carbocycles. The predicted molar refractivity (Wildman–Crippen MR) is 77.6 cm³/mol. The monoisotopic (exact) mass is 311 g/mol. The molecule has 0 spiro atoms. The first-order valence-electron chi connectivity index (χ1n) is 6.15. The van der Waals surface area contributed by atoms with Crippen molar-refractivity contribution in [2.45, 2.75) is 17.9 Å². The Hall–Kier alpha value is -2.15. The number of hydrogen-bond acceptors (Lipinski definition) is 5. The van der Waals surface area contributed by atoms with Gasteiger partial charge in [0.1, 0.15) is 0 Å². The van der Waals surface area contributed by atoms with Crippen molar-refractivity contribution in [3.8, 4) is 0 Å². The SMILES string of the molecule is C=CCNC(=O)[C@@H](C)OC(=O)c1ccc(S(C)(=O)=O)cc1. The van der Waals surface area contributed by atoms with E-state index in [-0.39, 0.29) is 17.0 Å². The molecule has 21 heavy (non-hydrogen) atoms. The first-order chi connectivity index (χ1) is 9.75. The van der Waals surface area contributed by atoms with Crippen LogP contribution in [0.25, 0.3) is 0 Å². The molecule has 0 heterocycles. The molecule has 0 aliphatic heterocycles. The van der Waals surface area contributed by atoms with Gasteiger partial charge in [0.2, 0.25) is 0 Å². The first-order valence-corrected chi connectivity index (χ1v) is 8.04. The summed E-state index contributed by atoms with van der Waals surface area (Å²) in [5, 5.41) is 2.50. The molecule has 0 fully saturated rings. The lowest BCUT2D eigenvalue weighted by molar-refractivity contribution is -0.128. The fraction of sp³-hybridized carbons (Fsp3) is 0.286. The Morgan fingerprint density at radius 1 is 1.33 bits per heavy atom. The molecule has 0 aliphatic rings. The molecule has 1 rings (SSSR count). The van der Waals surface area contributed by atoms with Gasteiger partial charge in [-0.2, -0.15) is 0 Å². The van der Waals surface area contributed by atoms with Crippen LogP contribution in [0.5, 0.6) is 0 Å². The molecule has 6 nitrogen and oxygen atoms in total. The number of esters is 1. The number of hydrogen-bond donors (Lipinski definition) is 1. The third-order valence-electron chi connectivity index (χ3n) is 2.59. The number of carbonyl (C=O) groups is 2. The number of benzene rings is 1. The number of carbonyl (C=O) groups excluding carboxylic acids is 2. The van der Waals surface area contributed by atoms with Crippen LogP contribution in [0, 0.1) is 0 Å². The fourth-order valence-corrected chi connectivity index (χ4v) is 2.07. The van der Waals surface area contributed by atoms with Crippen LogP contribution in [-0.4, -0.2) is 39.2 Å². The van der Waals surface area contributed by atoms with E-state index in [9.17, 15) is 18.0 Å². The second kappa shape index (κ2) is 7.03. The van der Waals surface area contributed by atoms with Crippen LogP contribution in [0.3, 0.4) is 0 Å². The number of ether oxygens (including phenoxy) is 1. The highest BCUT2D eigenvalue weighted by Gasteiger charge is 2.18. The summed E-state index contributed by atoms with van der Waals surface area (Å²) in [6, 6.07) is 5.31. The molecule has 0 aromatic heterocycles. The van der Waals surface area contributed by atoms with Crippen molar-refractivity contribution in [1.82, 2.24) is 5.32 Å². The van der Waals surface area contributed by atoms with Crippen molar-refractivity contribution in [3.05, 3.63) is 42.5 Å². The molecule has 1 amide bonds. The summed E-state index contributed by atoms with van der Waals surface area (Å²) >= 11 is 0. The molecule has 0 bridgehead atoms. The minimum Gasteiger partial charge on any atom is -0.449 e. The van der Waals surface area contributed by atoms with Gasteiger partial charge in [0.25, 0.3) is 5.91 Å². The molecule has 1 aromatic rings. The van der Waals surface area contributed by atoms with Crippen LogP contribution in [0.15, 0.2) is 41.8 Å². The van der Waals surface area contributed by atoms with Crippen molar-refractivity contribution in [2.24, 2.45) is 0 Å². The van der Waals surface area contributed by atoms with Crippen molar-refractivity contribution >= 4 is 21.7 Å². The van der Waals surface area contributed by atoms with Gasteiger partial charge in [-0.3, -0.25) is 4.79 Å². The van der Waals surface area contributed by atoms with Crippen molar-refractivity contribution in [1.29, 1.82) is 0 Å². The summed E-state index contributed by atoms with van der Waals surface area (Å²) < 4.78 is 27.6. The molecule has 1 aromatic carbocycles. The summed E-state index contributed by atoms with van der Waals surface area (Å²) in [5.74, 6) is -1.13. The Bertz CT molecular complexity index is 634. The molecule has 0 unspecified atom stereocenters. The maximum atomic E-state index is 11.8. The minimum absolute atomic E-state index is 0.107. The summed E-state index contributed by atoms with van der Waals surface area (Å²) in [7, 11) is -3.32. The van der Waals surface area contributed by atoms with Crippen LogP contribution < -0.4 is 5.32 Å². The lowest BCUT2D eigenvalue weighted by atomic mass is 10.2. The largest absolute Gasteiger partial charge is 0.449 e. The van der Waals surface area contributed by atoms with Crippen LogP contribution in [0.2, 0.25) is 0 Å². The van der Waals surface area contributed by atoms with E-state index in [4.69, 9.17) is 4.74 Å². The van der Waals surface area contributed by atoms with Crippen molar-refractivity contribution in [2.75, 3.05) is 12.8 Å². The topological polar surface area (TPSA) is 89.5 Å². The maximum Gasteiger partial charge on any atom is 0.338 e. The number of amides is 1. The van der Waals surface area contributed by atoms with Crippen LogP contribution in [0.4, 0.5) is 0 Å². The lowest BCUT2D eigenvalue weighted by Crippen LogP contribution is -2.35. The van der Waals surface area contributed by atoms with Crippen molar-refractivity contribution in [3.63, 3.8) is 0 Å². The van der Waals surface area contributed by atoms with Crippen LogP contribution >= 0.6 is 0 Å². The maximum absolute atomic E-state index is 11.8. The second-order valence-electron chi connectivity index (χ2n) is 4.38. The van der Waals surface area contributed by atoms with E-state index in [0.29, 0.717) is 0 Å². The molecular weight excluding hydrogens is 294 g/mol. The standard InChI is InChI=1S/C14H17NO5S/c1-4-9-15-13(16)10(2)20-14(17)11-5-7-12(8-6-11)21(3,18)19/h4-8,10H,1,9H2,2-3H3,(H,15,16)/t10-/m1/s1. The summed E-state index contributed by atoms with van der Waals surface area (Å²) in [4.78, 5) is 23.5. The Kier molecular flexibility index (Phi) is 5.66. The van der Waals surface area contributed by atoms with E-state index < -0.39 is 27.8 Å². The van der Waals surface area contributed by atoms with Gasteiger partial charge in [0.05, 0.1) is 10.5 Å². The number of sulfone groups is 1. The molecule has 1 N–H and O–H groups in total. The minimum atomic E-state index is -3.32. The van der Waals surface area contributed by atoms with Crippen LogP contribution in [0.1, 0.15) is 17.3 Å². The van der Waals surface area contributed by atoms with E-state index in [1.807, 2.05) is 0 Å². The number of rotatable bonds is 6. The Morgan fingerprint density at radius 2 is 1.90 bits per heavy atom. The smallest absolute Gasteiger partial charge is 0.338 e. The zero-order valence-corrected chi connectivity index (χ0v) is 12.6. The average Bonchev–Trinajstić information content (AvgIpc) is 2.43. The Morgan fingerprint density at radius 3 is 2.38 bits per heavy atom. The summed E-state index contributed by atoms with van der Waals surface area (Å²) in [6.07, 6.45) is 1.63. The van der Waals surface area contributed by atoms with Gasteiger partial charge in [0, 0.05) is 12.8 Å². The second-order valence-corrected chi connectivity index (χ2v) is 6.39. The molecule has 7 heteroatoms. The molecule has 0 radical (unpaired) electrons. The highest BCUT2D eigenvalue weighted by Crippen LogP contribution is 2.11. The van der Waals surface area contributed by atoms with E-state index in [2.05, 4.69) is 11.9 Å². The third-order valence-corrected chi connectivity index (χ3v) is 3.72. The first kappa shape index (κ1) is 16.9. The van der Waals surface area contributed by atoms with Gasteiger partial charge in [-0.15, -0.1) is 6.58 Å². The molecule has 1 atom stereocenters. The van der Waals surface area contributed by atoms with Gasteiger partial charge < -0.3 is 10.1 Å². The highest BCUT2D eigenvalue weighted by molar-refractivity contribution is 7.90. The lowest BCUT2D eigenvalue weighted by Gasteiger charge is -2.12. The summed E-state index contributed by atoms with van der Waals surface area (Å²) in [5.41, 5.74) is 0.172. The van der Waals surface area contributed by atoms with Gasteiger partial charge in [-0.1, -0.05) is 6.08 Å². The normalized spacial score (nSPS) is 12.3. The Labute approximate surface area is 123 Å². The van der Waals surface area contributed by atoms with E-state index in [1.54, 1.807) is 0 Å². The molecular formula is C14H17NO5S. The molecule has 0 saturated carbocycles. The van der Waals surface area contributed by atoms with Gasteiger partial charge in [-0.05, 0) is 31.2 Å². The molecule has 114 valence electrons. The van der Waals surface area contributed by atoms with E-state index in [1.165, 1.54) is 37.3 Å². The predicted octanol–water partition coefficient (Wildman–Crippen LogP) is 0.938. The highest BCUT2D eigenvalue weighted by atomic mass is 32.2. The summed E-state index contributed by atoms with van der Waals surface area (Å²) in [6.45, 7) is 5.18. The average molecular weight is 311 g/mol. The van der Waals surface area contributed by atoms with Gasteiger partial charge >= 0.3 is 5.97 Å². The zero-order chi connectivity index (χ0) is 16.0.